The van der Waals surface area contributed by atoms with Crippen molar-refractivity contribution in [2.45, 2.75) is 44.8 Å². The number of hydrogen-bond acceptors (Lipinski definition) is 11. The molecule has 1 fully saturated rings. The number of halogens is 6. The Morgan fingerprint density at radius 2 is 1.23 bits per heavy atom. The van der Waals surface area contributed by atoms with Gasteiger partial charge in [-0.15, -0.1) is 0 Å². The number of amides is 3. The highest BCUT2D eigenvalue weighted by atomic mass is 32.2. The predicted octanol–water partition coefficient (Wildman–Crippen LogP) is 1.94. The lowest BCUT2D eigenvalue weighted by Gasteiger charge is -2.32. The molecule has 1 saturated heterocycles. The molecule has 4 unspecified atom stereocenters. The molecule has 14 nitrogen and oxygen atoms in total. The van der Waals surface area contributed by atoms with E-state index in [-0.39, 0.29) is 31.6 Å². The van der Waals surface area contributed by atoms with E-state index in [1.165, 1.54) is 0 Å². The lowest BCUT2D eigenvalue weighted by molar-refractivity contribution is -0.143. The Morgan fingerprint density at radius 1 is 0.750 bits per heavy atom. The highest BCUT2D eigenvalue weighted by Gasteiger charge is 2.37. The number of likely N-dealkylation sites (tertiary alicyclic amines) is 1. The summed E-state index contributed by atoms with van der Waals surface area (Å²) < 4.78 is 172. The maximum Gasteiger partial charge on any atom is 0.416 e. The van der Waals surface area contributed by atoms with Gasteiger partial charge < -0.3 is 39.1 Å². The number of rotatable bonds is 11. The number of carbonyl (C=O) groups excluding carboxylic acids is 2. The van der Waals surface area contributed by atoms with E-state index in [9.17, 15) is 71.0 Å². The van der Waals surface area contributed by atoms with Gasteiger partial charge in [-0.2, -0.15) is 26.3 Å². The van der Waals surface area contributed by atoms with Crippen LogP contribution < -0.4 is 16.0 Å². The fourth-order valence-electron chi connectivity index (χ4n) is 4.62. The van der Waals surface area contributed by atoms with Gasteiger partial charge in [0.05, 0.1) is 26.6 Å². The third-order valence-corrected chi connectivity index (χ3v) is 10.1. The second-order valence-corrected chi connectivity index (χ2v) is 13.6. The van der Waals surface area contributed by atoms with Crippen LogP contribution in [-0.2, 0) is 56.7 Å². The van der Waals surface area contributed by atoms with Crippen molar-refractivity contribution in [3.8, 4) is 0 Å². The molecule has 0 saturated carbocycles. The summed E-state index contributed by atoms with van der Waals surface area (Å²) >= 11 is -13.7. The van der Waals surface area contributed by atoms with Crippen molar-refractivity contribution in [3.63, 3.8) is 0 Å². The standard InChI is InChI=1S/C24H26F6N4O10S4/c25-23(26,27)14-7-13(8-15(9-14)24(28,29)30)21(35)32-11-12-1-4-34(5-2-12)6-3-31-22(36)33-18-19(47(41)42)16(45(37)38)10-17(46(39)40)20(18)48(43)44/h7-10,12H,1-6,11H2,(H,32,35)(H,37,38)(H,39,40)(H,41,42)(H,43,44)(H2,31,33,36)/p-4. The number of nitrogens with one attached hydrogen (secondary N) is 3. The molecule has 3 rings (SSSR count). The van der Waals surface area contributed by atoms with Crippen LogP contribution in [-0.4, -0.2) is 84.6 Å². The second kappa shape index (κ2) is 16.2. The smallest absolute Gasteiger partial charge is 0.416 e. The summed E-state index contributed by atoms with van der Waals surface area (Å²) in [4.78, 5) is 22.1. The molecule has 1 aliphatic rings. The Hall–Kier alpha value is -2.84. The molecule has 48 heavy (non-hydrogen) atoms. The molecule has 0 aromatic heterocycles. The van der Waals surface area contributed by atoms with E-state index in [4.69, 9.17) is 0 Å². The molecule has 0 radical (unpaired) electrons. The number of benzene rings is 2. The molecule has 3 amide bonds. The highest BCUT2D eigenvalue weighted by Crippen LogP contribution is 2.37. The van der Waals surface area contributed by atoms with Crippen molar-refractivity contribution in [2.75, 3.05) is 38.0 Å². The minimum absolute atomic E-state index is 0.0545. The zero-order valence-corrected chi connectivity index (χ0v) is 27.0. The molecule has 0 bridgehead atoms. The minimum Gasteiger partial charge on any atom is -0.768 e. The van der Waals surface area contributed by atoms with Crippen LogP contribution in [0.2, 0.25) is 0 Å². The fraction of sp³-hybridized carbons (Fsp3) is 0.417. The first kappa shape index (κ1) is 39.6. The van der Waals surface area contributed by atoms with Crippen molar-refractivity contribution in [3.05, 3.63) is 41.0 Å². The summed E-state index contributed by atoms with van der Waals surface area (Å²) in [7, 11) is 0. The Morgan fingerprint density at radius 3 is 1.65 bits per heavy atom. The minimum atomic E-state index is -5.12. The molecule has 3 N–H and O–H groups in total. The van der Waals surface area contributed by atoms with Gasteiger partial charge in [-0.1, -0.05) is 0 Å². The quantitative estimate of drug-likeness (QED) is 0.221. The molecule has 1 heterocycles. The van der Waals surface area contributed by atoms with Crippen molar-refractivity contribution in [1.82, 2.24) is 15.5 Å². The van der Waals surface area contributed by atoms with Gasteiger partial charge in [0.1, 0.15) is 0 Å². The maximum atomic E-state index is 13.1. The maximum absolute atomic E-state index is 13.1. The van der Waals surface area contributed by atoms with Gasteiger partial charge in [0.2, 0.25) is 0 Å². The average Bonchev–Trinajstić information content (AvgIpc) is 2.98. The van der Waals surface area contributed by atoms with Crippen molar-refractivity contribution < 1.29 is 71.0 Å². The number of alkyl halides is 6. The second-order valence-electron chi connectivity index (χ2n) is 10.0. The summed E-state index contributed by atoms with van der Waals surface area (Å²) in [5.74, 6) is -1.33. The summed E-state index contributed by atoms with van der Waals surface area (Å²) in [6.07, 6.45) is -9.39. The Labute approximate surface area is 277 Å². The lowest BCUT2D eigenvalue weighted by Crippen LogP contribution is -2.42. The number of anilines is 1. The van der Waals surface area contributed by atoms with Crippen LogP contribution >= 0.6 is 0 Å². The topological polar surface area (TPSA) is 234 Å². The van der Waals surface area contributed by atoms with Crippen LogP contribution in [0.4, 0.5) is 36.8 Å². The summed E-state index contributed by atoms with van der Waals surface area (Å²) in [5.41, 5.74) is -5.18. The third-order valence-electron chi connectivity index (χ3n) is 6.92. The van der Waals surface area contributed by atoms with E-state index in [1.54, 1.807) is 0 Å². The van der Waals surface area contributed by atoms with Gasteiger partial charge in [-0.25, -0.2) is 4.79 Å². The third kappa shape index (κ3) is 10.3. The Kier molecular flexibility index (Phi) is 13.4. The van der Waals surface area contributed by atoms with Gasteiger partial charge in [-0.3, -0.25) is 21.6 Å². The molecule has 24 heteroatoms. The number of carbonyl (C=O) groups is 2. The molecule has 0 spiro atoms. The van der Waals surface area contributed by atoms with Crippen LogP contribution in [0.5, 0.6) is 0 Å². The van der Waals surface area contributed by atoms with E-state index in [1.807, 2.05) is 10.2 Å². The largest absolute Gasteiger partial charge is 0.768 e. The monoisotopic (exact) mass is 768 g/mol. The van der Waals surface area contributed by atoms with Gasteiger partial charge >= 0.3 is 18.4 Å². The first-order valence-corrected chi connectivity index (χ1v) is 17.4. The summed E-state index contributed by atoms with van der Waals surface area (Å²) in [5, 5.41) is 6.51. The van der Waals surface area contributed by atoms with Crippen LogP contribution in [0.25, 0.3) is 0 Å². The Balaban J connectivity index is 1.57. The molecular formula is C24H22F6N4O10S4-4. The molecule has 2 aromatic rings. The zero-order valence-electron chi connectivity index (χ0n) is 23.8. The van der Waals surface area contributed by atoms with Gasteiger partial charge in [0, 0.05) is 35.0 Å². The van der Waals surface area contributed by atoms with Gasteiger partial charge in [0.25, 0.3) is 5.91 Å². The first-order valence-electron chi connectivity index (χ1n) is 13.1. The molecule has 2 aromatic carbocycles. The van der Waals surface area contributed by atoms with Gasteiger partial charge in [-0.05, 0) is 100 Å². The predicted molar refractivity (Wildman–Crippen MR) is 150 cm³/mol. The first-order chi connectivity index (χ1) is 22.2. The molecule has 268 valence electrons. The van der Waals surface area contributed by atoms with Crippen LogP contribution in [0.15, 0.2) is 43.8 Å². The van der Waals surface area contributed by atoms with Crippen molar-refractivity contribution in [2.24, 2.45) is 5.92 Å². The van der Waals surface area contributed by atoms with Gasteiger partial charge in [0.15, 0.2) is 0 Å². The molecular weight excluding hydrogens is 747 g/mol. The summed E-state index contributed by atoms with van der Waals surface area (Å²) in [6, 6.07) is -0.361. The SMILES string of the molecule is O=C(NCCN1CCC(CNC(=O)c2cc(C(F)(F)F)cc(C(F)(F)F)c2)CC1)Nc1c(S(=O)[O-])c(S(=O)[O-])cc(S(=O)[O-])c1S(=O)[O-]. The average molecular weight is 769 g/mol. The molecule has 1 aliphatic heterocycles. The van der Waals surface area contributed by atoms with E-state index in [0.717, 1.165) is 0 Å². The van der Waals surface area contributed by atoms with Crippen LogP contribution in [0.3, 0.4) is 0 Å². The highest BCUT2D eigenvalue weighted by molar-refractivity contribution is 7.83. The normalized spacial score (nSPS) is 17.3. The molecule has 4 atom stereocenters. The van der Waals surface area contributed by atoms with E-state index < -0.39 is 111 Å². The van der Waals surface area contributed by atoms with E-state index in [0.29, 0.717) is 44.1 Å². The summed E-state index contributed by atoms with van der Waals surface area (Å²) in [6.45, 7) is 0.725. The molecule has 0 aliphatic carbocycles. The van der Waals surface area contributed by atoms with E-state index >= 15 is 0 Å². The zero-order chi connectivity index (χ0) is 36.1. The van der Waals surface area contributed by atoms with Crippen LogP contribution in [0.1, 0.15) is 34.3 Å². The number of piperidine rings is 1. The van der Waals surface area contributed by atoms with Crippen LogP contribution in [0, 0.1) is 5.92 Å². The number of urea groups is 1. The van der Waals surface area contributed by atoms with Crippen molar-refractivity contribution >= 4 is 61.9 Å². The Bertz CT molecular complexity index is 1570. The number of nitrogens with zero attached hydrogens (tertiary/aromatic N) is 1. The number of hydrogen-bond donors (Lipinski definition) is 3. The van der Waals surface area contributed by atoms with E-state index in [2.05, 4.69) is 10.6 Å². The lowest BCUT2D eigenvalue weighted by atomic mass is 9.96. The fourth-order valence-corrected chi connectivity index (χ4v) is 7.59. The van der Waals surface area contributed by atoms with Crippen molar-refractivity contribution in [1.29, 1.82) is 0 Å².